The van der Waals surface area contributed by atoms with Gasteiger partial charge >= 0.3 is 5.69 Å². The maximum atomic E-state index is 13.5. The smallest absolute Gasteiger partial charge is 0.330 e. The van der Waals surface area contributed by atoms with E-state index in [0.29, 0.717) is 0 Å². The van der Waals surface area contributed by atoms with E-state index in [9.17, 15) is 14.4 Å². The minimum absolute atomic E-state index is 0.0158. The number of nitrogens with two attached hydrogens (primary N) is 1. The molecule has 0 radical (unpaired) electrons. The van der Waals surface area contributed by atoms with E-state index in [0.717, 1.165) is 10.5 Å². The van der Waals surface area contributed by atoms with Crippen LogP contribution in [0.5, 0.6) is 11.5 Å². The summed E-state index contributed by atoms with van der Waals surface area (Å²) in [6, 6.07) is 11.9. The number of carbonyl (C=O) groups is 1. The van der Waals surface area contributed by atoms with Crippen LogP contribution in [0.15, 0.2) is 52.1 Å². The maximum absolute atomic E-state index is 13.5. The molecule has 0 bridgehead atoms. The third kappa shape index (κ3) is 5.08. The Hall–Kier alpha value is -3.76. The van der Waals surface area contributed by atoms with Gasteiger partial charge in [0.1, 0.15) is 5.82 Å². The van der Waals surface area contributed by atoms with Gasteiger partial charge < -0.3 is 19.9 Å². The summed E-state index contributed by atoms with van der Waals surface area (Å²) < 4.78 is 16.8. The number of amides is 1. The zero-order valence-electron chi connectivity index (χ0n) is 19.0. The highest BCUT2D eigenvalue weighted by atomic mass is 35.5. The SMILES string of the molecule is COCCN(C(=O)c1cc(Cl)c(OC)c(OC)c1)c1c(N)n(Cc2ccccc2)c(=O)[nH]c1=O. The second kappa shape index (κ2) is 10.9. The Bertz CT molecular complexity index is 1290. The Morgan fingerprint density at radius 1 is 1.12 bits per heavy atom. The van der Waals surface area contributed by atoms with Crippen LogP contribution >= 0.6 is 11.6 Å². The fourth-order valence-electron chi connectivity index (χ4n) is 3.46. The first-order valence-electron chi connectivity index (χ1n) is 10.2. The van der Waals surface area contributed by atoms with Gasteiger partial charge in [-0.25, -0.2) is 4.79 Å². The van der Waals surface area contributed by atoms with Crippen molar-refractivity contribution in [1.29, 1.82) is 0 Å². The molecule has 0 aliphatic heterocycles. The number of benzene rings is 2. The van der Waals surface area contributed by atoms with E-state index in [1.165, 1.54) is 38.0 Å². The Kier molecular flexibility index (Phi) is 7.98. The molecule has 0 saturated carbocycles. The van der Waals surface area contributed by atoms with E-state index in [4.69, 9.17) is 31.5 Å². The number of H-pyrrole nitrogens is 1. The second-order valence-electron chi connectivity index (χ2n) is 7.21. The Labute approximate surface area is 200 Å². The third-order valence-corrected chi connectivity index (χ3v) is 5.39. The first-order chi connectivity index (χ1) is 16.3. The van der Waals surface area contributed by atoms with Gasteiger partial charge in [0.05, 0.1) is 32.4 Å². The molecule has 10 nitrogen and oxygen atoms in total. The number of halogens is 1. The summed E-state index contributed by atoms with van der Waals surface area (Å²) in [5.41, 5.74) is 5.53. The lowest BCUT2D eigenvalue weighted by Crippen LogP contribution is -2.42. The van der Waals surface area contributed by atoms with Crippen LogP contribution in [0.4, 0.5) is 11.5 Å². The van der Waals surface area contributed by atoms with E-state index < -0.39 is 17.2 Å². The number of ether oxygens (including phenoxy) is 3. The maximum Gasteiger partial charge on any atom is 0.330 e. The highest BCUT2D eigenvalue weighted by Gasteiger charge is 2.27. The standard InChI is InChI=1S/C23H25ClN4O6/c1-32-10-9-27(22(30)15-11-16(24)19(34-3)17(12-15)33-2)18-20(25)28(23(31)26-21(18)29)13-14-7-5-4-6-8-14/h4-8,11-12H,9-10,13,25H2,1-3H3,(H,26,29,31). The average Bonchev–Trinajstić information content (AvgIpc) is 2.83. The quantitative estimate of drug-likeness (QED) is 0.472. The largest absolute Gasteiger partial charge is 0.493 e. The summed E-state index contributed by atoms with van der Waals surface area (Å²) >= 11 is 6.27. The molecule has 0 spiro atoms. The van der Waals surface area contributed by atoms with Crippen LogP contribution in [-0.4, -0.2) is 49.9 Å². The number of hydrogen-bond donors (Lipinski definition) is 2. The van der Waals surface area contributed by atoms with Crippen molar-refractivity contribution in [3.63, 3.8) is 0 Å². The number of hydrogen-bond acceptors (Lipinski definition) is 7. The molecule has 2 aromatic carbocycles. The lowest BCUT2D eigenvalue weighted by atomic mass is 10.1. The van der Waals surface area contributed by atoms with Crippen molar-refractivity contribution in [3.8, 4) is 11.5 Å². The molecule has 11 heteroatoms. The number of rotatable bonds is 9. The molecule has 1 amide bonds. The Balaban J connectivity index is 2.14. The molecule has 0 atom stereocenters. The van der Waals surface area contributed by atoms with Crippen LogP contribution < -0.4 is 31.4 Å². The fourth-order valence-corrected chi connectivity index (χ4v) is 3.74. The first-order valence-corrected chi connectivity index (χ1v) is 10.6. The number of aromatic amines is 1. The molecule has 0 aliphatic carbocycles. The molecule has 3 N–H and O–H groups in total. The number of methoxy groups -OCH3 is 3. The van der Waals surface area contributed by atoms with Gasteiger partial charge in [0, 0.05) is 19.2 Å². The van der Waals surface area contributed by atoms with E-state index in [1.807, 2.05) is 30.3 Å². The summed E-state index contributed by atoms with van der Waals surface area (Å²) in [6.07, 6.45) is 0. The molecular weight excluding hydrogens is 464 g/mol. The Morgan fingerprint density at radius 2 is 1.82 bits per heavy atom. The molecule has 3 rings (SSSR count). The molecule has 0 saturated heterocycles. The number of nitrogens with zero attached hydrogens (tertiary/aromatic N) is 2. The fraction of sp³-hybridized carbons (Fsp3) is 0.261. The molecule has 34 heavy (non-hydrogen) atoms. The van der Waals surface area contributed by atoms with Gasteiger partial charge in [-0.15, -0.1) is 0 Å². The molecule has 3 aromatic rings. The molecule has 1 heterocycles. The number of carbonyl (C=O) groups excluding carboxylic acids is 1. The van der Waals surface area contributed by atoms with Crippen LogP contribution in [0.2, 0.25) is 5.02 Å². The van der Waals surface area contributed by atoms with Gasteiger partial charge in [-0.3, -0.25) is 24.0 Å². The summed E-state index contributed by atoms with van der Waals surface area (Å²) in [6.45, 7) is 0.186. The van der Waals surface area contributed by atoms with Crippen molar-refractivity contribution in [1.82, 2.24) is 9.55 Å². The minimum Gasteiger partial charge on any atom is -0.493 e. The lowest BCUT2D eigenvalue weighted by molar-refractivity contribution is 0.0975. The zero-order valence-corrected chi connectivity index (χ0v) is 19.7. The van der Waals surface area contributed by atoms with Gasteiger partial charge in [0.2, 0.25) is 0 Å². The third-order valence-electron chi connectivity index (χ3n) is 5.11. The second-order valence-corrected chi connectivity index (χ2v) is 7.62. The topological polar surface area (TPSA) is 129 Å². The molecule has 0 fully saturated rings. The van der Waals surface area contributed by atoms with Crippen LogP contribution in [0.25, 0.3) is 0 Å². The number of nitrogen functional groups attached to an aromatic ring is 1. The van der Waals surface area contributed by atoms with Crippen molar-refractivity contribution >= 4 is 29.0 Å². The molecule has 1 aromatic heterocycles. The summed E-state index contributed by atoms with van der Waals surface area (Å²) in [4.78, 5) is 42.3. The van der Waals surface area contributed by atoms with E-state index in [-0.39, 0.29) is 53.3 Å². The number of nitrogens with one attached hydrogen (secondary N) is 1. The normalized spacial score (nSPS) is 10.7. The molecule has 0 aliphatic rings. The van der Waals surface area contributed by atoms with Crippen molar-refractivity contribution in [2.24, 2.45) is 0 Å². The van der Waals surface area contributed by atoms with Crippen molar-refractivity contribution in [2.75, 3.05) is 45.1 Å². The van der Waals surface area contributed by atoms with Crippen LogP contribution in [0.3, 0.4) is 0 Å². The predicted molar refractivity (Wildman–Crippen MR) is 129 cm³/mol. The van der Waals surface area contributed by atoms with Gasteiger partial charge in [-0.1, -0.05) is 41.9 Å². The summed E-state index contributed by atoms with van der Waals surface area (Å²) in [7, 11) is 4.29. The van der Waals surface area contributed by atoms with Crippen LogP contribution in [0, 0.1) is 0 Å². The minimum atomic E-state index is -0.803. The van der Waals surface area contributed by atoms with Crippen LogP contribution in [-0.2, 0) is 11.3 Å². The van der Waals surface area contributed by atoms with E-state index in [1.54, 1.807) is 0 Å². The monoisotopic (exact) mass is 488 g/mol. The molecule has 180 valence electrons. The highest BCUT2D eigenvalue weighted by Crippen LogP contribution is 2.36. The first kappa shape index (κ1) is 24.9. The van der Waals surface area contributed by atoms with Gasteiger partial charge in [-0.05, 0) is 17.7 Å². The summed E-state index contributed by atoms with van der Waals surface area (Å²) in [5, 5.41) is 0.146. The van der Waals surface area contributed by atoms with Crippen LogP contribution in [0.1, 0.15) is 15.9 Å². The van der Waals surface area contributed by atoms with Gasteiger partial charge in [0.25, 0.3) is 11.5 Å². The lowest BCUT2D eigenvalue weighted by Gasteiger charge is -2.25. The number of anilines is 2. The predicted octanol–water partition coefficient (Wildman–Crippen LogP) is 2.13. The van der Waals surface area contributed by atoms with Crippen molar-refractivity contribution in [3.05, 3.63) is 79.5 Å². The van der Waals surface area contributed by atoms with Crippen molar-refractivity contribution in [2.45, 2.75) is 6.54 Å². The zero-order chi connectivity index (χ0) is 24.8. The molecular formula is C23H25ClN4O6. The molecule has 0 unspecified atom stereocenters. The highest BCUT2D eigenvalue weighted by molar-refractivity contribution is 6.32. The number of aromatic nitrogens is 2. The van der Waals surface area contributed by atoms with Gasteiger partial charge in [-0.2, -0.15) is 0 Å². The average molecular weight is 489 g/mol. The van der Waals surface area contributed by atoms with E-state index >= 15 is 0 Å². The van der Waals surface area contributed by atoms with E-state index in [2.05, 4.69) is 4.98 Å². The van der Waals surface area contributed by atoms with Gasteiger partial charge in [0.15, 0.2) is 17.2 Å². The summed E-state index contributed by atoms with van der Waals surface area (Å²) in [5.74, 6) is -0.255. The Morgan fingerprint density at radius 3 is 2.44 bits per heavy atom. The van der Waals surface area contributed by atoms with Crippen molar-refractivity contribution < 1.29 is 19.0 Å².